The average molecular weight is 488 g/mol. The van der Waals surface area contributed by atoms with E-state index < -0.39 is 5.97 Å². The number of benzene rings is 3. The second kappa shape index (κ2) is 8.50. The third kappa shape index (κ3) is 4.46. The van der Waals surface area contributed by atoms with Gasteiger partial charge in [-0.3, -0.25) is 4.79 Å². The van der Waals surface area contributed by atoms with E-state index in [1.54, 1.807) is 36.4 Å². The minimum Gasteiger partial charge on any atom is -0.545 e. The zero-order valence-electron chi connectivity index (χ0n) is 14.1. The Labute approximate surface area is 173 Å². The van der Waals surface area contributed by atoms with Crippen molar-refractivity contribution in [1.29, 1.82) is 0 Å². The van der Waals surface area contributed by atoms with E-state index in [1.165, 1.54) is 11.0 Å². The van der Waals surface area contributed by atoms with E-state index in [2.05, 4.69) is 31.9 Å². The van der Waals surface area contributed by atoms with E-state index in [0.29, 0.717) is 15.7 Å². The van der Waals surface area contributed by atoms with Crippen LogP contribution >= 0.6 is 31.9 Å². The van der Waals surface area contributed by atoms with Gasteiger partial charge in [-0.1, -0.05) is 58.4 Å². The molecule has 0 aliphatic heterocycles. The molecule has 0 heterocycles. The van der Waals surface area contributed by atoms with Crippen molar-refractivity contribution in [2.45, 2.75) is 6.54 Å². The predicted molar refractivity (Wildman–Crippen MR) is 110 cm³/mol. The summed E-state index contributed by atoms with van der Waals surface area (Å²) >= 11 is 6.79. The normalized spacial score (nSPS) is 10.4. The lowest BCUT2D eigenvalue weighted by atomic mass is 10.1. The lowest BCUT2D eigenvalue weighted by molar-refractivity contribution is -0.254. The van der Waals surface area contributed by atoms with Gasteiger partial charge in [-0.15, -0.1) is 0 Å². The first-order valence-electron chi connectivity index (χ1n) is 8.08. The summed E-state index contributed by atoms with van der Waals surface area (Å²) < 4.78 is 1.56. The summed E-state index contributed by atoms with van der Waals surface area (Å²) in [4.78, 5) is 26.3. The Morgan fingerprint density at radius 1 is 0.815 bits per heavy atom. The van der Waals surface area contributed by atoms with Crippen LogP contribution < -0.4 is 10.0 Å². The summed E-state index contributed by atoms with van der Waals surface area (Å²) in [6.45, 7) is 0.220. The van der Waals surface area contributed by atoms with Crippen molar-refractivity contribution in [3.63, 3.8) is 0 Å². The van der Waals surface area contributed by atoms with Crippen molar-refractivity contribution < 1.29 is 14.7 Å². The molecule has 0 N–H and O–H groups in total. The Bertz CT molecular complexity index is 987. The topological polar surface area (TPSA) is 60.4 Å². The lowest BCUT2D eigenvalue weighted by Gasteiger charge is -2.26. The molecular weight excluding hydrogens is 474 g/mol. The number of rotatable bonds is 5. The molecule has 4 nitrogen and oxygen atoms in total. The average Bonchev–Trinajstić information content (AvgIpc) is 2.67. The maximum absolute atomic E-state index is 13.3. The number of nitrogens with zero attached hydrogens (tertiary/aromatic N) is 1. The Morgan fingerprint density at radius 3 is 2.04 bits per heavy atom. The minimum atomic E-state index is -1.33. The molecule has 1 amide bonds. The van der Waals surface area contributed by atoms with Crippen LogP contribution in [-0.4, -0.2) is 11.9 Å². The third-order valence-electron chi connectivity index (χ3n) is 4.02. The van der Waals surface area contributed by atoms with E-state index >= 15 is 0 Å². The molecule has 0 atom stereocenters. The van der Waals surface area contributed by atoms with Gasteiger partial charge >= 0.3 is 0 Å². The number of hydrogen-bond acceptors (Lipinski definition) is 3. The van der Waals surface area contributed by atoms with Crippen molar-refractivity contribution in [2.24, 2.45) is 0 Å². The second-order valence-corrected chi connectivity index (χ2v) is 7.57. The number of halogens is 2. The molecule has 27 heavy (non-hydrogen) atoms. The zero-order chi connectivity index (χ0) is 19.4. The molecule has 136 valence electrons. The van der Waals surface area contributed by atoms with E-state index in [4.69, 9.17) is 0 Å². The van der Waals surface area contributed by atoms with E-state index in [1.807, 2.05) is 30.3 Å². The van der Waals surface area contributed by atoms with Crippen LogP contribution in [0.2, 0.25) is 0 Å². The van der Waals surface area contributed by atoms with Gasteiger partial charge in [-0.05, 0) is 51.8 Å². The van der Waals surface area contributed by atoms with Gasteiger partial charge < -0.3 is 14.8 Å². The van der Waals surface area contributed by atoms with Crippen molar-refractivity contribution in [3.8, 4) is 0 Å². The van der Waals surface area contributed by atoms with Crippen LogP contribution in [0.5, 0.6) is 0 Å². The molecule has 3 aromatic rings. The van der Waals surface area contributed by atoms with Crippen LogP contribution in [0, 0.1) is 0 Å². The van der Waals surface area contributed by atoms with Gasteiger partial charge in [0.2, 0.25) is 0 Å². The van der Waals surface area contributed by atoms with Gasteiger partial charge in [0.1, 0.15) is 0 Å². The largest absolute Gasteiger partial charge is 0.545 e. The predicted octanol–water partition coefficient (Wildman–Crippen LogP) is 4.42. The van der Waals surface area contributed by atoms with Gasteiger partial charge in [-0.25, -0.2) is 0 Å². The number of hydrogen-bond donors (Lipinski definition) is 0. The minimum absolute atomic E-state index is 0.0324. The molecule has 3 aromatic carbocycles. The summed E-state index contributed by atoms with van der Waals surface area (Å²) in [6, 6.07) is 20.9. The number of amides is 1. The standard InChI is InChI=1S/C21H15Br2NO3/c22-15-11-9-14(10-12-15)13-24(19-8-4-2-6-17(19)21(26)27)20(25)16-5-1-3-7-18(16)23/h1-12H,13H2,(H,26,27)/p-1. The van der Waals surface area contributed by atoms with E-state index in [-0.39, 0.29) is 18.0 Å². The SMILES string of the molecule is O=C([O-])c1ccccc1N(Cc1ccc(Br)cc1)C(=O)c1ccccc1Br. The highest BCUT2D eigenvalue weighted by Gasteiger charge is 2.22. The molecule has 3 rings (SSSR count). The molecule has 0 radical (unpaired) electrons. The summed E-state index contributed by atoms with van der Waals surface area (Å²) in [5.41, 5.74) is 1.57. The van der Waals surface area contributed by atoms with Gasteiger partial charge in [-0.2, -0.15) is 0 Å². The van der Waals surface area contributed by atoms with Crippen LogP contribution in [0.1, 0.15) is 26.3 Å². The number of anilines is 1. The van der Waals surface area contributed by atoms with Crippen molar-refractivity contribution in [2.75, 3.05) is 4.90 Å². The molecule has 6 heteroatoms. The number of carbonyl (C=O) groups is 2. The molecule has 0 fully saturated rings. The number of carboxylic acid groups (broad SMARTS) is 1. The quantitative estimate of drug-likeness (QED) is 0.535. The maximum Gasteiger partial charge on any atom is 0.259 e. The number of carbonyl (C=O) groups excluding carboxylic acids is 2. The smallest absolute Gasteiger partial charge is 0.259 e. The molecule has 0 aromatic heterocycles. The molecule has 0 aliphatic rings. The van der Waals surface area contributed by atoms with Crippen LogP contribution in [0.4, 0.5) is 5.69 Å². The lowest BCUT2D eigenvalue weighted by Crippen LogP contribution is -2.34. The molecule has 0 saturated heterocycles. The molecule has 0 spiro atoms. The maximum atomic E-state index is 13.3. The molecule has 0 unspecified atom stereocenters. The van der Waals surface area contributed by atoms with Crippen molar-refractivity contribution >= 4 is 49.4 Å². The van der Waals surface area contributed by atoms with E-state index in [9.17, 15) is 14.7 Å². The number of aromatic carboxylic acids is 1. The Kier molecular flexibility index (Phi) is 6.08. The number of carboxylic acids is 1. The zero-order valence-corrected chi connectivity index (χ0v) is 17.2. The summed E-state index contributed by atoms with van der Waals surface area (Å²) in [6.07, 6.45) is 0. The van der Waals surface area contributed by atoms with Crippen molar-refractivity contribution in [3.05, 3.63) is 98.4 Å². The highest BCUT2D eigenvalue weighted by Crippen LogP contribution is 2.27. The fraction of sp³-hybridized carbons (Fsp3) is 0.0476. The van der Waals surface area contributed by atoms with Crippen LogP contribution in [0.15, 0.2) is 81.7 Å². The molecule has 0 bridgehead atoms. The first-order chi connectivity index (χ1) is 13.0. The Morgan fingerprint density at radius 2 is 1.41 bits per heavy atom. The number of para-hydroxylation sites is 1. The van der Waals surface area contributed by atoms with Gasteiger partial charge in [0.05, 0.1) is 23.8 Å². The fourth-order valence-electron chi connectivity index (χ4n) is 2.70. The highest BCUT2D eigenvalue weighted by molar-refractivity contribution is 9.10. The second-order valence-electron chi connectivity index (χ2n) is 5.80. The van der Waals surface area contributed by atoms with Gasteiger partial charge in [0.15, 0.2) is 0 Å². The molecule has 0 saturated carbocycles. The van der Waals surface area contributed by atoms with E-state index in [0.717, 1.165) is 10.0 Å². The fourth-order valence-corrected chi connectivity index (χ4v) is 3.42. The van der Waals surface area contributed by atoms with Gasteiger partial charge in [0.25, 0.3) is 5.91 Å². The summed E-state index contributed by atoms with van der Waals surface area (Å²) in [5, 5.41) is 11.6. The first kappa shape index (κ1) is 19.3. The Balaban J connectivity index is 2.09. The summed E-state index contributed by atoms with van der Waals surface area (Å²) in [5.74, 6) is -1.63. The van der Waals surface area contributed by atoms with Gasteiger partial charge in [0, 0.05) is 14.5 Å². The monoisotopic (exact) mass is 486 g/mol. The molecular formula is C21H14Br2NO3-. The molecule has 0 aliphatic carbocycles. The highest BCUT2D eigenvalue weighted by atomic mass is 79.9. The van der Waals surface area contributed by atoms with Crippen LogP contribution in [-0.2, 0) is 6.54 Å². The van der Waals surface area contributed by atoms with Crippen LogP contribution in [0.25, 0.3) is 0 Å². The summed E-state index contributed by atoms with van der Waals surface area (Å²) in [7, 11) is 0. The van der Waals surface area contributed by atoms with Crippen molar-refractivity contribution in [1.82, 2.24) is 0 Å². The first-order valence-corrected chi connectivity index (χ1v) is 9.67. The third-order valence-corrected chi connectivity index (χ3v) is 5.24. The van der Waals surface area contributed by atoms with Crippen LogP contribution in [0.3, 0.4) is 0 Å². The Hall–Kier alpha value is -2.44.